The van der Waals surface area contributed by atoms with Gasteiger partial charge in [-0.05, 0) is 38.5 Å². The smallest absolute Gasteiger partial charge is 0.393 e. The van der Waals surface area contributed by atoms with Crippen molar-refractivity contribution in [3.63, 3.8) is 0 Å². The van der Waals surface area contributed by atoms with E-state index in [0.717, 1.165) is 5.96 Å². The molecule has 0 bridgehead atoms. The molecule has 0 amide bonds. The van der Waals surface area contributed by atoms with Crippen LogP contribution in [0.25, 0.3) is 0 Å². The van der Waals surface area contributed by atoms with E-state index in [4.69, 9.17) is 0 Å². The first-order valence-electron chi connectivity index (χ1n) is 8.93. The van der Waals surface area contributed by atoms with E-state index in [1.165, 1.54) is 0 Å². The van der Waals surface area contributed by atoms with E-state index in [-0.39, 0.29) is 49.1 Å². The minimum atomic E-state index is -5.24. The van der Waals surface area contributed by atoms with Gasteiger partial charge in [0.05, 0.1) is 6.10 Å². The SMILES string of the molecule is CCNC(=NCC1CCN(S(=O)(=O)C(F)(F)F)CC1)N1CCC(O)CC1.I. The van der Waals surface area contributed by atoms with Gasteiger partial charge in [0.25, 0.3) is 0 Å². The van der Waals surface area contributed by atoms with Crippen LogP contribution in [-0.4, -0.2) is 79.6 Å². The Balaban J connectivity index is 0.00000364. The van der Waals surface area contributed by atoms with E-state index in [1.54, 1.807) is 0 Å². The van der Waals surface area contributed by atoms with E-state index in [1.807, 2.05) is 6.92 Å². The van der Waals surface area contributed by atoms with Crippen LogP contribution < -0.4 is 5.32 Å². The lowest BCUT2D eigenvalue weighted by Crippen LogP contribution is -2.47. The number of piperidine rings is 2. The first kappa shape index (κ1) is 24.7. The molecule has 0 aromatic rings. The molecule has 2 aliphatic heterocycles. The van der Waals surface area contributed by atoms with Crippen LogP contribution in [0.5, 0.6) is 0 Å². The Bertz CT molecular complexity index is 588. The molecule has 0 aromatic carbocycles. The molecule has 2 fully saturated rings. The summed E-state index contributed by atoms with van der Waals surface area (Å²) in [6, 6.07) is 0. The fourth-order valence-corrected chi connectivity index (χ4v) is 4.18. The third-order valence-corrected chi connectivity index (χ3v) is 6.43. The third-order valence-electron chi connectivity index (χ3n) is 4.80. The number of hydrogen-bond donors (Lipinski definition) is 2. The second-order valence-electron chi connectivity index (χ2n) is 6.71. The molecule has 0 spiro atoms. The Morgan fingerprint density at radius 1 is 1.15 bits per heavy atom. The molecule has 7 nitrogen and oxygen atoms in total. The lowest BCUT2D eigenvalue weighted by Gasteiger charge is -2.33. The first-order valence-corrected chi connectivity index (χ1v) is 10.4. The molecule has 2 N–H and O–H groups in total. The molecule has 0 atom stereocenters. The number of aliphatic hydroxyl groups is 1. The monoisotopic (exact) mass is 528 g/mol. The van der Waals surface area contributed by atoms with Crippen molar-refractivity contribution in [3.05, 3.63) is 0 Å². The number of nitrogens with zero attached hydrogens (tertiary/aromatic N) is 3. The van der Waals surface area contributed by atoms with Crippen molar-refractivity contribution in [2.24, 2.45) is 10.9 Å². The van der Waals surface area contributed by atoms with Crippen molar-refractivity contribution in [1.29, 1.82) is 0 Å². The van der Waals surface area contributed by atoms with Crippen LogP contribution >= 0.6 is 24.0 Å². The number of alkyl halides is 3. The van der Waals surface area contributed by atoms with Gasteiger partial charge in [-0.1, -0.05) is 0 Å². The van der Waals surface area contributed by atoms with Crippen LogP contribution in [0.1, 0.15) is 32.6 Å². The molecule has 160 valence electrons. The number of sulfonamides is 1. The molecule has 2 heterocycles. The molecular weight excluding hydrogens is 500 g/mol. The average molecular weight is 528 g/mol. The highest BCUT2D eigenvalue weighted by atomic mass is 127. The number of aliphatic imine (C=N–C) groups is 1. The van der Waals surface area contributed by atoms with Crippen LogP contribution in [0.15, 0.2) is 4.99 Å². The van der Waals surface area contributed by atoms with E-state index in [0.29, 0.717) is 56.2 Å². The summed E-state index contributed by atoms with van der Waals surface area (Å²) in [5.41, 5.74) is -5.24. The summed E-state index contributed by atoms with van der Waals surface area (Å²) in [7, 11) is -5.23. The van der Waals surface area contributed by atoms with E-state index in [9.17, 15) is 26.7 Å². The largest absolute Gasteiger partial charge is 0.511 e. The number of rotatable bonds is 4. The van der Waals surface area contributed by atoms with Crippen molar-refractivity contribution in [2.75, 3.05) is 39.3 Å². The summed E-state index contributed by atoms with van der Waals surface area (Å²) in [5.74, 6) is 0.795. The van der Waals surface area contributed by atoms with Crippen LogP contribution in [0, 0.1) is 5.92 Å². The van der Waals surface area contributed by atoms with Crippen molar-refractivity contribution in [1.82, 2.24) is 14.5 Å². The molecule has 0 aromatic heterocycles. The number of nitrogens with one attached hydrogen (secondary N) is 1. The van der Waals surface area contributed by atoms with Crippen molar-refractivity contribution in [3.8, 4) is 0 Å². The maximum Gasteiger partial charge on any atom is 0.511 e. The number of guanidine groups is 1. The molecular formula is C15H28F3IN4O3S. The van der Waals surface area contributed by atoms with Crippen molar-refractivity contribution in [2.45, 2.75) is 44.2 Å². The maximum atomic E-state index is 12.6. The van der Waals surface area contributed by atoms with Gasteiger partial charge in [-0.3, -0.25) is 4.99 Å². The van der Waals surface area contributed by atoms with Gasteiger partial charge in [-0.25, -0.2) is 8.42 Å². The van der Waals surface area contributed by atoms with Gasteiger partial charge in [-0.15, -0.1) is 24.0 Å². The molecule has 0 unspecified atom stereocenters. The van der Waals surface area contributed by atoms with Crippen LogP contribution in [0.4, 0.5) is 13.2 Å². The Morgan fingerprint density at radius 3 is 2.19 bits per heavy atom. The molecule has 2 rings (SSSR count). The number of likely N-dealkylation sites (tertiary alicyclic amines) is 1. The molecule has 0 aliphatic carbocycles. The van der Waals surface area contributed by atoms with Crippen LogP contribution in [0.2, 0.25) is 0 Å². The zero-order valence-corrected chi connectivity index (χ0v) is 18.4. The fourth-order valence-electron chi connectivity index (χ4n) is 3.20. The molecule has 2 aliphatic rings. The van der Waals surface area contributed by atoms with Gasteiger partial charge in [-0.2, -0.15) is 17.5 Å². The summed E-state index contributed by atoms with van der Waals surface area (Å²) in [4.78, 5) is 6.65. The van der Waals surface area contributed by atoms with Gasteiger partial charge in [0.15, 0.2) is 5.96 Å². The molecule has 12 heteroatoms. The Kier molecular flexibility index (Phi) is 9.55. The van der Waals surface area contributed by atoms with Gasteiger partial charge in [0.2, 0.25) is 0 Å². The van der Waals surface area contributed by atoms with E-state index < -0.39 is 15.5 Å². The second kappa shape index (κ2) is 10.4. The third kappa shape index (κ3) is 6.60. The molecule has 0 radical (unpaired) electrons. The number of halogens is 4. The molecule has 0 saturated carbocycles. The van der Waals surface area contributed by atoms with E-state index in [2.05, 4.69) is 15.2 Å². The summed E-state index contributed by atoms with van der Waals surface area (Å²) in [5, 5.41) is 12.8. The molecule has 27 heavy (non-hydrogen) atoms. The highest BCUT2D eigenvalue weighted by Gasteiger charge is 2.50. The van der Waals surface area contributed by atoms with Crippen LogP contribution in [-0.2, 0) is 10.0 Å². The van der Waals surface area contributed by atoms with Gasteiger partial charge >= 0.3 is 15.5 Å². The molecule has 2 saturated heterocycles. The van der Waals surface area contributed by atoms with Gasteiger partial charge < -0.3 is 15.3 Å². The van der Waals surface area contributed by atoms with Crippen molar-refractivity contribution < 1.29 is 26.7 Å². The zero-order chi connectivity index (χ0) is 19.4. The Hall–Kier alpha value is -0.340. The fraction of sp³-hybridized carbons (Fsp3) is 0.933. The van der Waals surface area contributed by atoms with E-state index >= 15 is 0 Å². The van der Waals surface area contributed by atoms with Crippen molar-refractivity contribution >= 4 is 40.0 Å². The minimum absolute atomic E-state index is 0. The lowest BCUT2D eigenvalue weighted by atomic mass is 9.98. The predicted molar refractivity (Wildman–Crippen MR) is 107 cm³/mol. The predicted octanol–water partition coefficient (Wildman–Crippen LogP) is 1.59. The van der Waals surface area contributed by atoms with Gasteiger partial charge in [0.1, 0.15) is 0 Å². The highest BCUT2D eigenvalue weighted by molar-refractivity contribution is 14.0. The average Bonchev–Trinajstić information content (AvgIpc) is 2.59. The maximum absolute atomic E-state index is 12.6. The lowest BCUT2D eigenvalue weighted by molar-refractivity contribution is -0.0496. The standard InChI is InChI=1S/C15H27F3N4O3S.HI/c1-2-19-14(21-7-5-13(23)6-8-21)20-11-12-3-9-22(10-4-12)26(24,25)15(16,17)18;/h12-13,23H,2-11H2,1H3,(H,19,20);1H. The second-order valence-corrected chi connectivity index (χ2v) is 8.64. The summed E-state index contributed by atoms with van der Waals surface area (Å²) >= 11 is 0. The van der Waals surface area contributed by atoms with Crippen LogP contribution in [0.3, 0.4) is 0 Å². The first-order chi connectivity index (χ1) is 12.1. The highest BCUT2D eigenvalue weighted by Crippen LogP contribution is 2.30. The summed E-state index contributed by atoms with van der Waals surface area (Å²) in [6.45, 7) is 4.24. The summed E-state index contributed by atoms with van der Waals surface area (Å²) < 4.78 is 61.2. The Morgan fingerprint density at radius 2 is 1.70 bits per heavy atom. The zero-order valence-electron chi connectivity index (χ0n) is 15.3. The quantitative estimate of drug-likeness (QED) is 0.329. The minimum Gasteiger partial charge on any atom is -0.393 e. The topological polar surface area (TPSA) is 85.2 Å². The number of aliphatic hydroxyl groups excluding tert-OH is 1. The normalized spacial score (nSPS) is 21.8. The van der Waals surface area contributed by atoms with Gasteiger partial charge in [0, 0.05) is 39.3 Å². The Labute approximate surface area is 175 Å². The number of hydrogen-bond acceptors (Lipinski definition) is 4. The summed E-state index contributed by atoms with van der Waals surface area (Å²) in [6.07, 6.45) is 1.79.